The van der Waals surface area contributed by atoms with Gasteiger partial charge in [-0.1, -0.05) is 15.9 Å². The lowest BCUT2D eigenvalue weighted by Crippen LogP contribution is -1.91. The van der Waals surface area contributed by atoms with E-state index in [9.17, 15) is 4.39 Å². The average Bonchev–Trinajstić information content (AvgIpc) is 2.00. The zero-order valence-electron chi connectivity index (χ0n) is 7.03. The van der Waals surface area contributed by atoms with Crippen molar-refractivity contribution in [3.63, 3.8) is 0 Å². The van der Waals surface area contributed by atoms with Crippen molar-refractivity contribution in [3.8, 4) is 0 Å². The zero-order chi connectivity index (χ0) is 9.14. The lowest BCUT2D eigenvalue weighted by molar-refractivity contribution is 0.607. The molecule has 1 rings (SSSR count). The van der Waals surface area contributed by atoms with Gasteiger partial charge in [-0.25, -0.2) is 4.39 Å². The monoisotopic (exact) mass is 248 g/mol. The molecule has 0 nitrogen and oxygen atoms in total. The van der Waals surface area contributed by atoms with Gasteiger partial charge >= 0.3 is 0 Å². The van der Waals surface area contributed by atoms with Crippen LogP contribution in [0.1, 0.15) is 11.1 Å². The Hall–Kier alpha value is -0.0200. The maximum absolute atomic E-state index is 13.3. The summed E-state index contributed by atoms with van der Waals surface area (Å²) in [6.45, 7) is 1.78. The second kappa shape index (κ2) is 4.28. The van der Waals surface area contributed by atoms with Gasteiger partial charge in [0, 0.05) is 10.2 Å². The quantitative estimate of drug-likeness (QED) is 0.769. The number of aryl methyl sites for hydroxylation is 1. The number of halogens is 2. The van der Waals surface area contributed by atoms with Crippen LogP contribution in [0, 0.1) is 12.7 Å². The van der Waals surface area contributed by atoms with Gasteiger partial charge in [0.05, 0.1) is 0 Å². The molecule has 66 valence electrons. The smallest absolute Gasteiger partial charge is 0.130 e. The molecule has 1 aromatic carbocycles. The molecule has 0 amide bonds. The van der Waals surface area contributed by atoms with E-state index in [2.05, 4.69) is 15.9 Å². The molecular formula is C9H10BrFS. The first-order valence-corrected chi connectivity index (χ1v) is 5.77. The highest BCUT2D eigenvalue weighted by Crippen LogP contribution is 2.22. The van der Waals surface area contributed by atoms with Crippen LogP contribution >= 0.6 is 27.7 Å². The lowest BCUT2D eigenvalue weighted by atomic mass is 10.1. The number of hydrogen-bond acceptors (Lipinski definition) is 1. The summed E-state index contributed by atoms with van der Waals surface area (Å²) in [4.78, 5) is 0. The average molecular weight is 249 g/mol. The Morgan fingerprint density at radius 1 is 1.50 bits per heavy atom. The van der Waals surface area contributed by atoms with E-state index in [0.29, 0.717) is 5.56 Å². The summed E-state index contributed by atoms with van der Waals surface area (Å²) in [5.41, 5.74) is 1.47. The predicted octanol–water partition coefficient (Wildman–Crippen LogP) is 3.76. The Labute approximate surface area is 84.7 Å². The molecule has 1 aromatic rings. The van der Waals surface area contributed by atoms with Gasteiger partial charge in [0.2, 0.25) is 0 Å². The van der Waals surface area contributed by atoms with Gasteiger partial charge in [-0.2, -0.15) is 11.8 Å². The minimum Gasteiger partial charge on any atom is -0.206 e. The molecule has 0 aliphatic heterocycles. The van der Waals surface area contributed by atoms with Gasteiger partial charge in [-0.15, -0.1) is 0 Å². The second-order valence-electron chi connectivity index (χ2n) is 2.63. The van der Waals surface area contributed by atoms with E-state index in [1.54, 1.807) is 24.8 Å². The SMILES string of the molecule is CSCc1cc(Br)cc(C)c1F. The van der Waals surface area contributed by atoms with E-state index in [4.69, 9.17) is 0 Å². The molecule has 3 heteroatoms. The summed E-state index contributed by atoms with van der Waals surface area (Å²) in [7, 11) is 0. The van der Waals surface area contributed by atoms with E-state index in [0.717, 1.165) is 15.8 Å². The maximum Gasteiger partial charge on any atom is 0.130 e. The summed E-state index contributed by atoms with van der Waals surface area (Å²) >= 11 is 4.97. The molecule has 0 N–H and O–H groups in total. The maximum atomic E-state index is 13.3. The normalized spacial score (nSPS) is 10.3. The molecule has 0 saturated heterocycles. The van der Waals surface area contributed by atoms with Crippen molar-refractivity contribution in [1.82, 2.24) is 0 Å². The third-order valence-corrected chi connectivity index (χ3v) is 2.65. The minimum absolute atomic E-state index is 0.0763. The third kappa shape index (κ3) is 2.23. The molecular weight excluding hydrogens is 239 g/mol. The van der Waals surface area contributed by atoms with E-state index < -0.39 is 0 Å². The van der Waals surface area contributed by atoms with Crippen LogP contribution in [-0.2, 0) is 5.75 Å². The van der Waals surface area contributed by atoms with Crippen molar-refractivity contribution in [1.29, 1.82) is 0 Å². The summed E-state index contributed by atoms with van der Waals surface area (Å²) in [6.07, 6.45) is 1.97. The summed E-state index contributed by atoms with van der Waals surface area (Å²) in [5, 5.41) is 0. The molecule has 0 radical (unpaired) electrons. The first kappa shape index (κ1) is 10.1. The van der Waals surface area contributed by atoms with Crippen LogP contribution in [0.4, 0.5) is 4.39 Å². The van der Waals surface area contributed by atoms with Crippen molar-refractivity contribution in [2.45, 2.75) is 12.7 Å². The van der Waals surface area contributed by atoms with Gasteiger partial charge in [-0.3, -0.25) is 0 Å². The van der Waals surface area contributed by atoms with Crippen LogP contribution in [-0.4, -0.2) is 6.26 Å². The highest BCUT2D eigenvalue weighted by atomic mass is 79.9. The topological polar surface area (TPSA) is 0 Å². The van der Waals surface area contributed by atoms with Crippen LogP contribution in [0.15, 0.2) is 16.6 Å². The summed E-state index contributed by atoms with van der Waals surface area (Å²) < 4.78 is 14.3. The van der Waals surface area contributed by atoms with Crippen molar-refractivity contribution < 1.29 is 4.39 Å². The largest absolute Gasteiger partial charge is 0.206 e. The summed E-state index contributed by atoms with van der Waals surface area (Å²) in [6, 6.07) is 3.62. The van der Waals surface area contributed by atoms with Gasteiger partial charge < -0.3 is 0 Å². The highest BCUT2D eigenvalue weighted by Gasteiger charge is 2.05. The van der Waals surface area contributed by atoms with Gasteiger partial charge in [0.15, 0.2) is 0 Å². The Bertz CT molecular complexity index is 286. The molecule has 12 heavy (non-hydrogen) atoms. The fourth-order valence-corrected chi connectivity index (χ4v) is 2.20. The van der Waals surface area contributed by atoms with Crippen LogP contribution in [0.5, 0.6) is 0 Å². The number of hydrogen-bond donors (Lipinski definition) is 0. The molecule has 0 aromatic heterocycles. The molecule has 0 spiro atoms. The van der Waals surface area contributed by atoms with Crippen LogP contribution in [0.25, 0.3) is 0 Å². The first-order chi connectivity index (χ1) is 5.65. The Balaban J connectivity index is 3.09. The van der Waals surface area contributed by atoms with Gasteiger partial charge in [0.25, 0.3) is 0 Å². The molecule has 0 fully saturated rings. The van der Waals surface area contributed by atoms with Crippen LogP contribution < -0.4 is 0 Å². The van der Waals surface area contributed by atoms with Crippen LogP contribution in [0.3, 0.4) is 0 Å². The fraction of sp³-hybridized carbons (Fsp3) is 0.333. The van der Waals surface area contributed by atoms with Crippen molar-refractivity contribution >= 4 is 27.7 Å². The van der Waals surface area contributed by atoms with Crippen molar-refractivity contribution in [2.75, 3.05) is 6.26 Å². The molecule has 0 saturated carbocycles. The summed E-state index contributed by atoms with van der Waals surface area (Å²) in [5.74, 6) is 0.652. The number of benzene rings is 1. The van der Waals surface area contributed by atoms with Gasteiger partial charge in [0.1, 0.15) is 5.82 Å². The van der Waals surface area contributed by atoms with Crippen LogP contribution in [0.2, 0.25) is 0 Å². The molecule has 0 aliphatic carbocycles. The van der Waals surface area contributed by atoms with E-state index in [1.165, 1.54) is 0 Å². The Kier molecular flexibility index (Phi) is 3.59. The number of thioether (sulfide) groups is 1. The predicted molar refractivity (Wildman–Crippen MR) is 56.1 cm³/mol. The Morgan fingerprint density at radius 3 is 2.75 bits per heavy atom. The van der Waals surface area contributed by atoms with E-state index in [1.807, 2.05) is 12.3 Å². The molecule has 0 bridgehead atoms. The second-order valence-corrected chi connectivity index (χ2v) is 4.41. The number of rotatable bonds is 2. The van der Waals surface area contributed by atoms with E-state index in [-0.39, 0.29) is 5.82 Å². The minimum atomic E-state index is -0.0763. The highest BCUT2D eigenvalue weighted by molar-refractivity contribution is 9.10. The first-order valence-electron chi connectivity index (χ1n) is 3.58. The van der Waals surface area contributed by atoms with Crippen molar-refractivity contribution in [2.24, 2.45) is 0 Å². The lowest BCUT2D eigenvalue weighted by Gasteiger charge is -2.04. The van der Waals surface area contributed by atoms with Crippen molar-refractivity contribution in [3.05, 3.63) is 33.5 Å². The fourth-order valence-electron chi connectivity index (χ4n) is 1.06. The molecule has 0 atom stereocenters. The Morgan fingerprint density at radius 2 is 2.17 bits per heavy atom. The van der Waals surface area contributed by atoms with Gasteiger partial charge in [-0.05, 0) is 36.4 Å². The zero-order valence-corrected chi connectivity index (χ0v) is 9.43. The molecule has 0 unspecified atom stereocenters. The molecule has 0 heterocycles. The van der Waals surface area contributed by atoms with E-state index >= 15 is 0 Å². The third-order valence-electron chi connectivity index (χ3n) is 1.59. The standard InChI is InChI=1S/C9H10BrFS/c1-6-3-8(10)4-7(5-12-2)9(6)11/h3-4H,5H2,1-2H3. The molecule has 0 aliphatic rings.